The summed E-state index contributed by atoms with van der Waals surface area (Å²) in [5.74, 6) is 2.58. The second-order valence-electron chi connectivity index (χ2n) is 5.14. The average molecular weight is 247 g/mol. The lowest BCUT2D eigenvalue weighted by molar-refractivity contribution is 0.235. The van der Waals surface area contributed by atoms with Gasteiger partial charge in [0.15, 0.2) is 0 Å². The summed E-state index contributed by atoms with van der Waals surface area (Å²) in [6.07, 6.45) is 3.72. The van der Waals surface area contributed by atoms with Crippen LogP contribution in [0.3, 0.4) is 0 Å². The Balaban J connectivity index is 2.03. The van der Waals surface area contributed by atoms with Crippen LogP contribution in [0, 0.1) is 5.92 Å². The molecule has 2 unspecified atom stereocenters. The van der Waals surface area contributed by atoms with Crippen molar-refractivity contribution in [2.24, 2.45) is 5.92 Å². The molecule has 18 heavy (non-hydrogen) atoms. The van der Waals surface area contributed by atoms with Gasteiger partial charge in [0.25, 0.3) is 0 Å². The highest BCUT2D eigenvalue weighted by Gasteiger charge is 2.33. The summed E-state index contributed by atoms with van der Waals surface area (Å²) < 4.78 is 5.88. The van der Waals surface area contributed by atoms with Crippen molar-refractivity contribution in [1.29, 1.82) is 0 Å². The molecule has 1 aliphatic rings. The topological polar surface area (TPSA) is 21.3 Å². The summed E-state index contributed by atoms with van der Waals surface area (Å²) in [4.78, 5) is 0. The minimum Gasteiger partial charge on any atom is -0.493 e. The van der Waals surface area contributed by atoms with Gasteiger partial charge in [-0.25, -0.2) is 0 Å². The predicted octanol–water partition coefficient (Wildman–Crippen LogP) is 3.58. The number of hydrogen-bond acceptors (Lipinski definition) is 2. The van der Waals surface area contributed by atoms with Gasteiger partial charge in [0.1, 0.15) is 5.75 Å². The lowest BCUT2D eigenvalue weighted by Crippen LogP contribution is -2.34. The van der Waals surface area contributed by atoms with Crippen molar-refractivity contribution >= 4 is 0 Å². The fourth-order valence-electron chi connectivity index (χ4n) is 2.68. The van der Waals surface area contributed by atoms with Gasteiger partial charge >= 0.3 is 0 Å². The van der Waals surface area contributed by atoms with Crippen molar-refractivity contribution in [1.82, 2.24) is 5.32 Å². The summed E-state index contributed by atoms with van der Waals surface area (Å²) >= 11 is 0. The van der Waals surface area contributed by atoms with Gasteiger partial charge in [-0.15, -0.1) is 0 Å². The number of ether oxygens (including phenoxy) is 1. The Morgan fingerprint density at radius 1 is 1.22 bits per heavy atom. The van der Waals surface area contributed by atoms with Gasteiger partial charge in [-0.05, 0) is 55.8 Å². The fraction of sp³-hybridized carbons (Fsp3) is 0.625. The van der Waals surface area contributed by atoms with E-state index in [4.69, 9.17) is 4.74 Å². The number of nitrogens with one attached hydrogen (secondary N) is 1. The summed E-state index contributed by atoms with van der Waals surface area (Å²) in [5, 5.41) is 3.47. The molecule has 1 aliphatic carbocycles. The molecule has 2 rings (SSSR count). The van der Waals surface area contributed by atoms with Crippen LogP contribution in [0.25, 0.3) is 0 Å². The molecule has 0 saturated heterocycles. The maximum absolute atomic E-state index is 5.88. The van der Waals surface area contributed by atoms with Crippen LogP contribution in [0.5, 0.6) is 5.75 Å². The van der Waals surface area contributed by atoms with Gasteiger partial charge in [0.2, 0.25) is 0 Å². The Morgan fingerprint density at radius 3 is 2.72 bits per heavy atom. The molecule has 0 amide bonds. The van der Waals surface area contributed by atoms with Gasteiger partial charge in [-0.2, -0.15) is 0 Å². The first-order valence-electron chi connectivity index (χ1n) is 7.29. The molecule has 0 heterocycles. The van der Waals surface area contributed by atoms with Crippen LogP contribution < -0.4 is 10.1 Å². The maximum Gasteiger partial charge on any atom is 0.122 e. The zero-order valence-electron chi connectivity index (χ0n) is 11.6. The normalized spacial score (nSPS) is 22.6. The Labute approximate surface area is 111 Å². The second-order valence-corrected chi connectivity index (χ2v) is 5.14. The molecule has 100 valence electrons. The predicted molar refractivity (Wildman–Crippen MR) is 76.2 cm³/mol. The largest absolute Gasteiger partial charge is 0.493 e. The molecule has 1 N–H and O–H groups in total. The van der Waals surface area contributed by atoms with Crippen LogP contribution in [0.1, 0.15) is 44.6 Å². The van der Waals surface area contributed by atoms with Crippen LogP contribution >= 0.6 is 0 Å². The van der Waals surface area contributed by atoms with Crippen molar-refractivity contribution in [2.75, 3.05) is 19.7 Å². The molecule has 2 heteroatoms. The first kappa shape index (κ1) is 13.4. The van der Waals surface area contributed by atoms with Crippen molar-refractivity contribution in [3.8, 4) is 5.75 Å². The van der Waals surface area contributed by atoms with E-state index in [2.05, 4.69) is 43.4 Å². The van der Waals surface area contributed by atoms with E-state index in [0.717, 1.165) is 37.8 Å². The van der Waals surface area contributed by atoms with Crippen molar-refractivity contribution in [3.63, 3.8) is 0 Å². The van der Waals surface area contributed by atoms with Crippen LogP contribution in [-0.4, -0.2) is 19.7 Å². The van der Waals surface area contributed by atoms with Crippen molar-refractivity contribution in [2.45, 2.75) is 39.0 Å². The van der Waals surface area contributed by atoms with E-state index in [1.165, 1.54) is 18.4 Å². The Morgan fingerprint density at radius 2 is 2.06 bits per heavy atom. The van der Waals surface area contributed by atoms with Crippen LogP contribution in [-0.2, 0) is 0 Å². The molecule has 2 nitrogen and oxygen atoms in total. The standard InChI is InChI=1S/C16H25NO/c1-3-11-18-16-8-6-5-7-15(16)14-10-9-13(14)12-17-4-2/h5-8,13-14,17H,3-4,9-12H2,1-2H3. The summed E-state index contributed by atoms with van der Waals surface area (Å²) in [5.41, 5.74) is 1.42. The lowest BCUT2D eigenvalue weighted by Gasteiger charge is -2.38. The minimum atomic E-state index is 0.692. The summed E-state index contributed by atoms with van der Waals surface area (Å²) in [7, 11) is 0. The van der Waals surface area contributed by atoms with Crippen LogP contribution in [0.2, 0.25) is 0 Å². The smallest absolute Gasteiger partial charge is 0.122 e. The van der Waals surface area contributed by atoms with Gasteiger partial charge in [-0.3, -0.25) is 0 Å². The van der Waals surface area contributed by atoms with E-state index in [-0.39, 0.29) is 0 Å². The molecular weight excluding hydrogens is 222 g/mol. The molecule has 0 radical (unpaired) electrons. The Hall–Kier alpha value is -1.02. The third kappa shape index (κ3) is 3.05. The van der Waals surface area contributed by atoms with Gasteiger partial charge in [0.05, 0.1) is 6.61 Å². The number of hydrogen-bond donors (Lipinski definition) is 1. The lowest BCUT2D eigenvalue weighted by atomic mass is 9.69. The van der Waals surface area contributed by atoms with E-state index in [1.807, 2.05) is 0 Å². The van der Waals surface area contributed by atoms with Gasteiger partial charge < -0.3 is 10.1 Å². The van der Waals surface area contributed by atoms with E-state index < -0.39 is 0 Å². The third-order valence-corrected chi connectivity index (χ3v) is 3.85. The summed E-state index contributed by atoms with van der Waals surface area (Å²) in [6.45, 7) is 7.36. The molecule has 1 saturated carbocycles. The highest BCUT2D eigenvalue weighted by atomic mass is 16.5. The first-order chi connectivity index (χ1) is 8.86. The molecule has 0 aromatic heterocycles. The van der Waals surface area contributed by atoms with Crippen molar-refractivity contribution in [3.05, 3.63) is 29.8 Å². The molecule has 2 atom stereocenters. The van der Waals surface area contributed by atoms with Gasteiger partial charge in [0, 0.05) is 0 Å². The first-order valence-corrected chi connectivity index (χ1v) is 7.29. The monoisotopic (exact) mass is 247 g/mol. The molecule has 0 spiro atoms. The van der Waals surface area contributed by atoms with E-state index in [9.17, 15) is 0 Å². The minimum absolute atomic E-state index is 0.692. The number of para-hydroxylation sites is 1. The van der Waals surface area contributed by atoms with E-state index in [1.54, 1.807) is 0 Å². The zero-order chi connectivity index (χ0) is 12.8. The van der Waals surface area contributed by atoms with Crippen molar-refractivity contribution < 1.29 is 4.74 Å². The Bertz CT molecular complexity index is 364. The highest BCUT2D eigenvalue weighted by Crippen LogP contribution is 2.45. The Kier molecular flexibility index (Phi) is 5.06. The molecule has 1 fully saturated rings. The summed E-state index contributed by atoms with van der Waals surface area (Å²) in [6, 6.07) is 8.57. The number of benzene rings is 1. The molecule has 0 aliphatic heterocycles. The third-order valence-electron chi connectivity index (χ3n) is 3.85. The van der Waals surface area contributed by atoms with Crippen LogP contribution in [0.15, 0.2) is 24.3 Å². The average Bonchev–Trinajstić information content (AvgIpc) is 2.37. The fourth-order valence-corrected chi connectivity index (χ4v) is 2.68. The molecule has 1 aromatic carbocycles. The van der Waals surface area contributed by atoms with E-state index in [0.29, 0.717) is 5.92 Å². The van der Waals surface area contributed by atoms with E-state index >= 15 is 0 Å². The molecule has 0 bridgehead atoms. The van der Waals surface area contributed by atoms with Crippen LogP contribution in [0.4, 0.5) is 0 Å². The maximum atomic E-state index is 5.88. The highest BCUT2D eigenvalue weighted by molar-refractivity contribution is 5.38. The SMILES string of the molecule is CCCOc1ccccc1C1CCC1CNCC. The number of rotatable bonds is 7. The quantitative estimate of drug-likeness (QED) is 0.795. The zero-order valence-corrected chi connectivity index (χ0v) is 11.6. The second kappa shape index (κ2) is 6.79. The molecular formula is C16H25NO. The molecule has 1 aromatic rings. The van der Waals surface area contributed by atoms with Gasteiger partial charge in [-0.1, -0.05) is 32.0 Å².